The molecular formula is C14H20Cl2N6O. The van der Waals surface area contributed by atoms with Crippen molar-refractivity contribution in [3.05, 3.63) is 31.0 Å². The first-order valence-corrected chi connectivity index (χ1v) is 7.08. The highest BCUT2D eigenvalue weighted by molar-refractivity contribution is 5.94. The van der Waals surface area contributed by atoms with Crippen LogP contribution in [0, 0.1) is 5.92 Å². The summed E-state index contributed by atoms with van der Waals surface area (Å²) in [6.07, 6.45) is 6.37. The fourth-order valence-electron chi connectivity index (χ4n) is 2.60. The Labute approximate surface area is 147 Å². The third kappa shape index (κ3) is 4.63. The van der Waals surface area contributed by atoms with Gasteiger partial charge in [-0.25, -0.2) is 14.6 Å². The van der Waals surface area contributed by atoms with Crippen molar-refractivity contribution in [1.82, 2.24) is 25.1 Å². The monoisotopic (exact) mass is 358 g/mol. The van der Waals surface area contributed by atoms with Crippen LogP contribution in [0.3, 0.4) is 0 Å². The van der Waals surface area contributed by atoms with Gasteiger partial charge in [0.25, 0.3) is 0 Å². The van der Waals surface area contributed by atoms with Gasteiger partial charge in [-0.15, -0.1) is 24.8 Å². The minimum atomic E-state index is 0. The molecule has 2 N–H and O–H groups in total. The van der Waals surface area contributed by atoms with Crippen LogP contribution < -0.4 is 10.6 Å². The van der Waals surface area contributed by atoms with E-state index in [1.807, 2.05) is 6.07 Å². The molecule has 0 saturated carbocycles. The predicted octanol–water partition coefficient (Wildman–Crippen LogP) is 1.83. The highest BCUT2D eigenvalue weighted by Crippen LogP contribution is 2.21. The number of rotatable bonds is 3. The second kappa shape index (κ2) is 8.81. The smallest absolute Gasteiger partial charge is 0.227 e. The summed E-state index contributed by atoms with van der Waals surface area (Å²) in [6.45, 7) is 2.98. The van der Waals surface area contributed by atoms with Crippen LogP contribution in [0.15, 0.2) is 31.0 Å². The Hall–Kier alpha value is -1.70. The molecule has 2 aromatic rings. The standard InChI is InChI=1S/C14H18N6O.2ClH/c1-10-7-11(4-6-16-10)14(21)19-12-3-2-5-17-13(12)20-9-15-8-18-20;;/h2-3,5,8-11,16H,4,6-7H2,1H3,(H,19,21);2*1H/t10-,11-;;/m0../s1. The van der Waals surface area contributed by atoms with Crippen molar-refractivity contribution in [2.45, 2.75) is 25.8 Å². The number of nitrogens with zero attached hydrogens (tertiary/aromatic N) is 4. The van der Waals surface area contributed by atoms with Gasteiger partial charge in [0.1, 0.15) is 12.7 Å². The molecule has 0 aromatic carbocycles. The lowest BCUT2D eigenvalue weighted by molar-refractivity contribution is -0.120. The second-order valence-electron chi connectivity index (χ2n) is 5.28. The van der Waals surface area contributed by atoms with Crippen LogP contribution in [0.4, 0.5) is 5.69 Å². The number of halogens is 2. The van der Waals surface area contributed by atoms with Crippen molar-refractivity contribution in [2.24, 2.45) is 5.92 Å². The summed E-state index contributed by atoms with van der Waals surface area (Å²) in [5.41, 5.74) is 0.652. The van der Waals surface area contributed by atoms with E-state index in [0.29, 0.717) is 17.5 Å². The first-order valence-electron chi connectivity index (χ1n) is 7.08. The fourth-order valence-corrected chi connectivity index (χ4v) is 2.60. The molecule has 0 bridgehead atoms. The van der Waals surface area contributed by atoms with E-state index in [9.17, 15) is 4.79 Å². The predicted molar refractivity (Wildman–Crippen MR) is 92.5 cm³/mol. The minimum Gasteiger partial charge on any atom is -0.323 e. The number of amides is 1. The summed E-state index contributed by atoms with van der Waals surface area (Å²) in [7, 11) is 0. The van der Waals surface area contributed by atoms with Gasteiger partial charge in [0, 0.05) is 18.2 Å². The van der Waals surface area contributed by atoms with E-state index >= 15 is 0 Å². The van der Waals surface area contributed by atoms with E-state index in [2.05, 4.69) is 32.6 Å². The molecule has 0 spiro atoms. The molecular weight excluding hydrogens is 339 g/mol. The molecule has 0 aliphatic carbocycles. The van der Waals surface area contributed by atoms with Crippen molar-refractivity contribution in [2.75, 3.05) is 11.9 Å². The Morgan fingerprint density at radius 1 is 1.43 bits per heavy atom. The molecule has 1 saturated heterocycles. The van der Waals surface area contributed by atoms with Crippen LogP contribution in [-0.4, -0.2) is 38.2 Å². The molecule has 1 fully saturated rings. The Bertz CT molecular complexity index is 621. The number of aromatic nitrogens is 4. The lowest BCUT2D eigenvalue weighted by Crippen LogP contribution is -2.40. The Morgan fingerprint density at radius 2 is 2.26 bits per heavy atom. The molecule has 2 aromatic heterocycles. The van der Waals surface area contributed by atoms with Gasteiger partial charge in [0.2, 0.25) is 5.91 Å². The Kier molecular flexibility index (Phi) is 7.41. The fraction of sp³-hybridized carbons (Fsp3) is 0.429. The second-order valence-corrected chi connectivity index (χ2v) is 5.28. The van der Waals surface area contributed by atoms with Crippen LogP contribution in [0.5, 0.6) is 0 Å². The Balaban J connectivity index is 0.00000132. The van der Waals surface area contributed by atoms with E-state index in [1.165, 1.54) is 6.33 Å². The number of piperidine rings is 1. The minimum absolute atomic E-state index is 0. The molecule has 1 aliphatic rings. The Morgan fingerprint density at radius 3 is 2.96 bits per heavy atom. The molecule has 1 amide bonds. The molecule has 0 unspecified atom stereocenters. The summed E-state index contributed by atoms with van der Waals surface area (Å²) in [5.74, 6) is 0.646. The first kappa shape index (κ1) is 19.3. The highest BCUT2D eigenvalue weighted by Gasteiger charge is 2.25. The molecule has 126 valence electrons. The maximum atomic E-state index is 12.4. The van der Waals surface area contributed by atoms with Gasteiger partial charge in [-0.1, -0.05) is 0 Å². The maximum absolute atomic E-state index is 12.4. The molecule has 9 heteroatoms. The van der Waals surface area contributed by atoms with Crippen molar-refractivity contribution in [3.8, 4) is 5.82 Å². The maximum Gasteiger partial charge on any atom is 0.227 e. The van der Waals surface area contributed by atoms with E-state index in [-0.39, 0.29) is 36.6 Å². The third-order valence-electron chi connectivity index (χ3n) is 3.67. The van der Waals surface area contributed by atoms with Crippen molar-refractivity contribution < 1.29 is 4.79 Å². The zero-order valence-corrected chi connectivity index (χ0v) is 14.3. The summed E-state index contributed by atoms with van der Waals surface area (Å²) in [5, 5.41) is 10.4. The molecule has 23 heavy (non-hydrogen) atoms. The van der Waals surface area contributed by atoms with E-state index < -0.39 is 0 Å². The highest BCUT2D eigenvalue weighted by atomic mass is 35.5. The molecule has 3 rings (SSSR count). The van der Waals surface area contributed by atoms with Gasteiger partial charge >= 0.3 is 0 Å². The quantitative estimate of drug-likeness (QED) is 0.874. The van der Waals surface area contributed by atoms with Crippen LogP contribution in [0.2, 0.25) is 0 Å². The van der Waals surface area contributed by atoms with E-state index in [1.54, 1.807) is 23.3 Å². The molecule has 1 aliphatic heterocycles. The zero-order valence-electron chi connectivity index (χ0n) is 12.7. The summed E-state index contributed by atoms with van der Waals surface area (Å²) in [6, 6.07) is 3.99. The number of pyridine rings is 1. The van der Waals surface area contributed by atoms with Gasteiger partial charge < -0.3 is 10.6 Å². The first-order chi connectivity index (χ1) is 10.2. The van der Waals surface area contributed by atoms with Gasteiger partial charge in [-0.2, -0.15) is 5.10 Å². The van der Waals surface area contributed by atoms with Crippen molar-refractivity contribution >= 4 is 36.4 Å². The molecule has 0 radical (unpaired) electrons. The van der Waals surface area contributed by atoms with Gasteiger partial charge in [0.15, 0.2) is 5.82 Å². The largest absolute Gasteiger partial charge is 0.323 e. The average Bonchev–Trinajstić information content (AvgIpc) is 3.02. The van der Waals surface area contributed by atoms with Crippen LogP contribution in [0.25, 0.3) is 5.82 Å². The summed E-state index contributed by atoms with van der Waals surface area (Å²) < 4.78 is 1.54. The van der Waals surface area contributed by atoms with Gasteiger partial charge in [-0.05, 0) is 38.4 Å². The third-order valence-corrected chi connectivity index (χ3v) is 3.67. The lowest BCUT2D eigenvalue weighted by Gasteiger charge is -2.27. The van der Waals surface area contributed by atoms with Crippen LogP contribution in [-0.2, 0) is 4.79 Å². The van der Waals surface area contributed by atoms with E-state index in [0.717, 1.165) is 19.4 Å². The normalized spacial score (nSPS) is 20.0. The number of carbonyl (C=O) groups is 1. The number of nitrogens with one attached hydrogen (secondary N) is 2. The molecule has 2 atom stereocenters. The summed E-state index contributed by atoms with van der Waals surface area (Å²) >= 11 is 0. The number of anilines is 1. The number of carbonyl (C=O) groups excluding carboxylic acids is 1. The molecule has 7 nitrogen and oxygen atoms in total. The number of hydrogen-bond acceptors (Lipinski definition) is 5. The van der Waals surface area contributed by atoms with Crippen molar-refractivity contribution in [1.29, 1.82) is 0 Å². The van der Waals surface area contributed by atoms with Gasteiger partial charge in [0.05, 0.1) is 5.69 Å². The van der Waals surface area contributed by atoms with Crippen molar-refractivity contribution in [3.63, 3.8) is 0 Å². The average molecular weight is 359 g/mol. The van der Waals surface area contributed by atoms with Gasteiger partial charge in [-0.3, -0.25) is 4.79 Å². The molecule has 3 heterocycles. The van der Waals surface area contributed by atoms with Crippen LogP contribution in [0.1, 0.15) is 19.8 Å². The number of hydrogen-bond donors (Lipinski definition) is 2. The van der Waals surface area contributed by atoms with E-state index in [4.69, 9.17) is 0 Å². The lowest BCUT2D eigenvalue weighted by atomic mass is 9.92. The zero-order chi connectivity index (χ0) is 14.7. The SMILES string of the molecule is C[C@H]1C[C@@H](C(=O)Nc2cccnc2-n2cncn2)CCN1.Cl.Cl. The topological polar surface area (TPSA) is 84.7 Å². The van der Waals surface area contributed by atoms with Crippen LogP contribution >= 0.6 is 24.8 Å². The summed E-state index contributed by atoms with van der Waals surface area (Å²) in [4.78, 5) is 20.6.